The van der Waals surface area contributed by atoms with E-state index in [1.807, 2.05) is 0 Å². The first-order chi connectivity index (χ1) is 13.0. The molecule has 5 nitrogen and oxygen atoms in total. The molecule has 6 heteroatoms. The summed E-state index contributed by atoms with van der Waals surface area (Å²) in [5, 5.41) is 12.7. The van der Waals surface area contributed by atoms with Gasteiger partial charge in [0.25, 0.3) is 5.91 Å². The van der Waals surface area contributed by atoms with Crippen LogP contribution >= 0.6 is 11.6 Å². The average molecular weight is 382 g/mol. The number of rotatable bonds is 5. The monoisotopic (exact) mass is 381 g/mol. The molecule has 0 saturated carbocycles. The van der Waals surface area contributed by atoms with Crippen LogP contribution in [0.4, 0.5) is 5.69 Å². The minimum absolute atomic E-state index is 0.0102. The van der Waals surface area contributed by atoms with Crippen LogP contribution in [0.3, 0.4) is 0 Å². The van der Waals surface area contributed by atoms with Crippen molar-refractivity contribution in [1.29, 1.82) is 0 Å². The molecule has 0 aromatic heterocycles. The van der Waals surface area contributed by atoms with Crippen molar-refractivity contribution in [3.63, 3.8) is 0 Å². The zero-order chi connectivity index (χ0) is 19.4. The predicted octanol–water partition coefficient (Wildman–Crippen LogP) is 4.97. The second-order valence-electron chi connectivity index (χ2n) is 5.73. The highest BCUT2D eigenvalue weighted by molar-refractivity contribution is 6.31. The summed E-state index contributed by atoms with van der Waals surface area (Å²) in [5.74, 6) is -0.945. The van der Waals surface area contributed by atoms with E-state index in [1.54, 1.807) is 60.7 Å². The summed E-state index contributed by atoms with van der Waals surface area (Å²) in [4.78, 5) is 24.0. The van der Waals surface area contributed by atoms with Gasteiger partial charge >= 0.3 is 5.97 Å². The number of aromatic carboxylic acids is 1. The smallest absolute Gasteiger partial charge is 0.337 e. The Morgan fingerprint density at radius 3 is 2.41 bits per heavy atom. The number of halogens is 1. The molecule has 0 atom stereocenters. The van der Waals surface area contributed by atoms with Gasteiger partial charge in [-0.05, 0) is 48.0 Å². The molecule has 3 aromatic carbocycles. The van der Waals surface area contributed by atoms with E-state index < -0.39 is 11.9 Å². The van der Waals surface area contributed by atoms with E-state index >= 15 is 0 Å². The zero-order valence-electron chi connectivity index (χ0n) is 14.4. The van der Waals surface area contributed by atoms with Crippen LogP contribution < -0.4 is 10.1 Å². The van der Waals surface area contributed by atoms with Gasteiger partial charge in [-0.1, -0.05) is 35.9 Å². The van der Waals surface area contributed by atoms with Crippen LogP contribution in [0.5, 0.6) is 5.75 Å². The molecule has 0 aliphatic heterocycles. The van der Waals surface area contributed by atoms with E-state index in [2.05, 4.69) is 5.32 Å². The van der Waals surface area contributed by atoms with Crippen molar-refractivity contribution in [2.75, 3.05) is 12.4 Å². The Hall–Kier alpha value is -3.31. The molecule has 0 aliphatic rings. The number of carbonyl (C=O) groups excluding carboxylic acids is 1. The third-order valence-electron chi connectivity index (χ3n) is 4.01. The van der Waals surface area contributed by atoms with Crippen molar-refractivity contribution >= 4 is 29.2 Å². The Bertz CT molecular complexity index is 1000. The van der Waals surface area contributed by atoms with Crippen molar-refractivity contribution in [2.45, 2.75) is 0 Å². The van der Waals surface area contributed by atoms with Gasteiger partial charge in [-0.2, -0.15) is 0 Å². The quantitative estimate of drug-likeness (QED) is 0.654. The number of carbonyl (C=O) groups is 2. The maximum Gasteiger partial charge on any atom is 0.337 e. The molecule has 0 radical (unpaired) electrons. The van der Waals surface area contributed by atoms with E-state index in [-0.39, 0.29) is 11.3 Å². The molecule has 0 fully saturated rings. The second kappa shape index (κ2) is 7.93. The van der Waals surface area contributed by atoms with Gasteiger partial charge in [-0.3, -0.25) is 4.79 Å². The van der Waals surface area contributed by atoms with Gasteiger partial charge in [0.2, 0.25) is 0 Å². The second-order valence-corrected chi connectivity index (χ2v) is 6.17. The fraction of sp³-hybridized carbons (Fsp3) is 0.0476. The number of anilines is 1. The SMILES string of the molecule is COc1ccc(Cl)cc1-c1ccc(C(=O)O)c(NC(=O)c2ccccc2)c1. The first-order valence-corrected chi connectivity index (χ1v) is 8.45. The van der Waals surface area contributed by atoms with Crippen molar-refractivity contribution in [2.24, 2.45) is 0 Å². The van der Waals surface area contributed by atoms with E-state index in [0.29, 0.717) is 27.5 Å². The van der Waals surface area contributed by atoms with Gasteiger partial charge in [0.05, 0.1) is 18.4 Å². The number of ether oxygens (including phenoxy) is 1. The molecular formula is C21H16ClNO4. The van der Waals surface area contributed by atoms with Crippen molar-refractivity contribution in [1.82, 2.24) is 0 Å². The summed E-state index contributed by atoms with van der Waals surface area (Å²) in [6.07, 6.45) is 0. The maximum atomic E-state index is 12.5. The minimum Gasteiger partial charge on any atom is -0.496 e. The van der Waals surface area contributed by atoms with Crippen LogP contribution in [-0.4, -0.2) is 24.1 Å². The first-order valence-electron chi connectivity index (χ1n) is 8.07. The standard InChI is InChI=1S/C21H16ClNO4/c1-27-19-10-8-15(22)12-17(19)14-7-9-16(21(25)26)18(11-14)23-20(24)13-5-3-2-4-6-13/h2-12H,1H3,(H,23,24)(H,25,26). The third-order valence-corrected chi connectivity index (χ3v) is 4.24. The van der Waals surface area contributed by atoms with Crippen LogP contribution in [0.1, 0.15) is 20.7 Å². The summed E-state index contributed by atoms with van der Waals surface area (Å²) in [6.45, 7) is 0. The third kappa shape index (κ3) is 4.10. The van der Waals surface area contributed by atoms with E-state index in [4.69, 9.17) is 16.3 Å². The van der Waals surface area contributed by atoms with Crippen LogP contribution in [0.25, 0.3) is 11.1 Å². The van der Waals surface area contributed by atoms with Crippen LogP contribution in [0.15, 0.2) is 66.7 Å². The topological polar surface area (TPSA) is 75.6 Å². The zero-order valence-corrected chi connectivity index (χ0v) is 15.2. The highest BCUT2D eigenvalue weighted by Crippen LogP contribution is 2.34. The van der Waals surface area contributed by atoms with E-state index in [0.717, 1.165) is 0 Å². The Balaban J connectivity index is 2.05. The molecule has 0 aliphatic carbocycles. The summed E-state index contributed by atoms with van der Waals surface area (Å²) in [7, 11) is 1.54. The normalized spacial score (nSPS) is 10.3. The Morgan fingerprint density at radius 1 is 1.00 bits per heavy atom. The predicted molar refractivity (Wildman–Crippen MR) is 105 cm³/mol. The molecule has 0 heterocycles. The molecule has 0 saturated heterocycles. The Kier molecular flexibility index (Phi) is 5.43. The summed E-state index contributed by atoms with van der Waals surface area (Å²) >= 11 is 6.09. The number of hydrogen-bond acceptors (Lipinski definition) is 3. The average Bonchev–Trinajstić information content (AvgIpc) is 2.68. The highest BCUT2D eigenvalue weighted by atomic mass is 35.5. The number of carboxylic acids is 1. The van der Waals surface area contributed by atoms with Crippen molar-refractivity contribution in [3.8, 4) is 16.9 Å². The molecule has 1 amide bonds. The minimum atomic E-state index is -1.14. The molecule has 27 heavy (non-hydrogen) atoms. The highest BCUT2D eigenvalue weighted by Gasteiger charge is 2.16. The van der Waals surface area contributed by atoms with Crippen LogP contribution in [0.2, 0.25) is 5.02 Å². The van der Waals surface area contributed by atoms with Crippen LogP contribution in [0, 0.1) is 0 Å². The molecule has 3 rings (SSSR count). The molecule has 0 unspecified atom stereocenters. The number of amides is 1. The maximum absolute atomic E-state index is 12.5. The molecule has 2 N–H and O–H groups in total. The lowest BCUT2D eigenvalue weighted by atomic mass is 10.0. The molecule has 136 valence electrons. The summed E-state index contributed by atoms with van der Waals surface area (Å²) < 4.78 is 5.36. The van der Waals surface area contributed by atoms with Crippen molar-refractivity contribution < 1.29 is 19.4 Å². The lowest BCUT2D eigenvalue weighted by Crippen LogP contribution is -2.14. The van der Waals surface area contributed by atoms with Gasteiger partial charge in [0.1, 0.15) is 5.75 Å². The Morgan fingerprint density at radius 2 is 1.74 bits per heavy atom. The van der Waals surface area contributed by atoms with Crippen molar-refractivity contribution in [3.05, 3.63) is 82.9 Å². The lowest BCUT2D eigenvalue weighted by Gasteiger charge is -2.13. The molecule has 0 spiro atoms. The summed E-state index contributed by atoms with van der Waals surface area (Å²) in [6, 6.07) is 18.4. The van der Waals surface area contributed by atoms with Gasteiger partial charge in [-0.25, -0.2) is 4.79 Å². The number of methoxy groups -OCH3 is 1. The molecule has 0 bridgehead atoms. The fourth-order valence-corrected chi connectivity index (χ4v) is 2.86. The summed E-state index contributed by atoms with van der Waals surface area (Å²) in [5.41, 5.74) is 1.97. The van der Waals surface area contributed by atoms with Gasteiger partial charge in [0.15, 0.2) is 0 Å². The van der Waals surface area contributed by atoms with Crippen LogP contribution in [-0.2, 0) is 0 Å². The number of carboxylic acid groups (broad SMARTS) is 1. The Labute approximate surface area is 161 Å². The first kappa shape index (κ1) is 18.5. The van der Waals surface area contributed by atoms with Gasteiger partial charge in [0, 0.05) is 16.1 Å². The number of nitrogens with one attached hydrogen (secondary N) is 1. The number of hydrogen-bond donors (Lipinski definition) is 2. The number of benzene rings is 3. The van der Waals surface area contributed by atoms with E-state index in [1.165, 1.54) is 13.2 Å². The van der Waals surface area contributed by atoms with Gasteiger partial charge in [-0.15, -0.1) is 0 Å². The fourth-order valence-electron chi connectivity index (χ4n) is 2.69. The molecule has 3 aromatic rings. The van der Waals surface area contributed by atoms with Gasteiger partial charge < -0.3 is 15.2 Å². The molecular weight excluding hydrogens is 366 g/mol. The largest absolute Gasteiger partial charge is 0.496 e. The lowest BCUT2D eigenvalue weighted by molar-refractivity contribution is 0.0698. The van der Waals surface area contributed by atoms with E-state index in [9.17, 15) is 14.7 Å².